The van der Waals surface area contributed by atoms with Gasteiger partial charge in [-0.3, -0.25) is 0 Å². The summed E-state index contributed by atoms with van der Waals surface area (Å²) in [5.74, 6) is 0. The highest BCUT2D eigenvalue weighted by Crippen LogP contribution is 2.18. The summed E-state index contributed by atoms with van der Waals surface area (Å²) >= 11 is 7.45. The fourth-order valence-corrected chi connectivity index (χ4v) is 1.82. The van der Waals surface area contributed by atoms with Gasteiger partial charge in [0.25, 0.3) is 0 Å². The number of thiophene rings is 1. The molecular formula is C9H12ClNS. The van der Waals surface area contributed by atoms with Gasteiger partial charge < -0.3 is 5.32 Å². The third kappa shape index (κ3) is 2.97. The van der Waals surface area contributed by atoms with Crippen molar-refractivity contribution in [2.45, 2.75) is 19.5 Å². The molecule has 0 saturated heterocycles. The van der Waals surface area contributed by atoms with Crippen molar-refractivity contribution in [1.29, 1.82) is 0 Å². The average molecular weight is 202 g/mol. The summed E-state index contributed by atoms with van der Waals surface area (Å²) in [6, 6.07) is 2.33. The van der Waals surface area contributed by atoms with Gasteiger partial charge in [0.1, 0.15) is 0 Å². The van der Waals surface area contributed by atoms with Crippen LogP contribution in [-0.2, 0) is 6.54 Å². The Labute approximate surface area is 82.1 Å². The zero-order chi connectivity index (χ0) is 8.97. The molecule has 1 unspecified atom stereocenters. The minimum atomic E-state index is 0.353. The molecule has 0 aromatic carbocycles. The number of hydrogen-bond acceptors (Lipinski definition) is 2. The Morgan fingerprint density at radius 1 is 1.83 bits per heavy atom. The Kier molecular flexibility index (Phi) is 3.79. The van der Waals surface area contributed by atoms with Crippen molar-refractivity contribution in [3.05, 3.63) is 34.0 Å². The van der Waals surface area contributed by atoms with E-state index in [9.17, 15) is 0 Å². The van der Waals surface area contributed by atoms with E-state index in [0.717, 1.165) is 11.6 Å². The van der Waals surface area contributed by atoms with Crippen LogP contribution in [0, 0.1) is 0 Å². The Bertz CT molecular complexity index is 257. The molecule has 1 nitrogen and oxygen atoms in total. The minimum Gasteiger partial charge on any atom is -0.306 e. The zero-order valence-corrected chi connectivity index (χ0v) is 8.58. The first-order valence-electron chi connectivity index (χ1n) is 3.81. The van der Waals surface area contributed by atoms with Gasteiger partial charge in [0.15, 0.2) is 0 Å². The van der Waals surface area contributed by atoms with E-state index in [-0.39, 0.29) is 0 Å². The van der Waals surface area contributed by atoms with Crippen LogP contribution in [0.3, 0.4) is 0 Å². The molecule has 0 aliphatic carbocycles. The Balaban J connectivity index is 2.37. The standard InChI is InChI=1S/C9H12ClNS/c1-3-7(2)11-5-9-4-8(10)6-12-9/h3-4,6-7,11H,1,5H2,2H3. The second-order valence-electron chi connectivity index (χ2n) is 2.64. The molecular weight excluding hydrogens is 190 g/mol. The van der Waals surface area contributed by atoms with E-state index in [1.807, 2.05) is 17.5 Å². The van der Waals surface area contributed by atoms with Crippen molar-refractivity contribution < 1.29 is 0 Å². The van der Waals surface area contributed by atoms with Gasteiger partial charge in [-0.05, 0) is 13.0 Å². The van der Waals surface area contributed by atoms with Crippen LogP contribution in [0.1, 0.15) is 11.8 Å². The Hall–Kier alpha value is -0.310. The second-order valence-corrected chi connectivity index (χ2v) is 4.07. The lowest BCUT2D eigenvalue weighted by atomic mass is 10.3. The highest BCUT2D eigenvalue weighted by molar-refractivity contribution is 7.10. The third-order valence-corrected chi connectivity index (χ3v) is 2.86. The number of rotatable bonds is 4. The molecule has 0 spiro atoms. The molecule has 1 aromatic heterocycles. The molecule has 0 bridgehead atoms. The van der Waals surface area contributed by atoms with E-state index in [1.165, 1.54) is 4.88 Å². The van der Waals surface area contributed by atoms with Crippen molar-refractivity contribution in [2.75, 3.05) is 0 Å². The van der Waals surface area contributed by atoms with Gasteiger partial charge in [-0.2, -0.15) is 0 Å². The maximum atomic E-state index is 5.77. The Morgan fingerprint density at radius 3 is 3.08 bits per heavy atom. The van der Waals surface area contributed by atoms with E-state index in [2.05, 4.69) is 18.8 Å². The lowest BCUT2D eigenvalue weighted by Gasteiger charge is -2.06. The fourth-order valence-electron chi connectivity index (χ4n) is 0.791. The van der Waals surface area contributed by atoms with Crippen molar-refractivity contribution >= 4 is 22.9 Å². The molecule has 0 aliphatic heterocycles. The van der Waals surface area contributed by atoms with Crippen molar-refractivity contribution in [3.8, 4) is 0 Å². The molecule has 3 heteroatoms. The van der Waals surface area contributed by atoms with Crippen LogP contribution in [0.2, 0.25) is 5.02 Å². The summed E-state index contributed by atoms with van der Waals surface area (Å²) in [6.07, 6.45) is 1.88. The molecule has 1 aromatic rings. The lowest BCUT2D eigenvalue weighted by Crippen LogP contribution is -2.22. The van der Waals surface area contributed by atoms with E-state index < -0.39 is 0 Å². The van der Waals surface area contributed by atoms with E-state index in [0.29, 0.717) is 6.04 Å². The number of hydrogen-bond donors (Lipinski definition) is 1. The number of halogens is 1. The highest BCUT2D eigenvalue weighted by atomic mass is 35.5. The van der Waals surface area contributed by atoms with Crippen LogP contribution in [0.5, 0.6) is 0 Å². The summed E-state index contributed by atoms with van der Waals surface area (Å²) in [4.78, 5) is 1.26. The maximum Gasteiger partial charge on any atom is 0.0516 e. The van der Waals surface area contributed by atoms with E-state index >= 15 is 0 Å². The second kappa shape index (κ2) is 4.65. The van der Waals surface area contributed by atoms with Crippen LogP contribution in [0.4, 0.5) is 0 Å². The Morgan fingerprint density at radius 2 is 2.58 bits per heavy atom. The molecule has 66 valence electrons. The molecule has 0 saturated carbocycles. The summed E-state index contributed by atoms with van der Waals surface area (Å²) in [5, 5.41) is 6.06. The van der Waals surface area contributed by atoms with Crippen molar-refractivity contribution in [1.82, 2.24) is 5.32 Å². The van der Waals surface area contributed by atoms with Crippen LogP contribution >= 0.6 is 22.9 Å². The maximum absolute atomic E-state index is 5.77. The molecule has 1 N–H and O–H groups in total. The van der Waals surface area contributed by atoms with Gasteiger partial charge in [0.2, 0.25) is 0 Å². The summed E-state index contributed by atoms with van der Waals surface area (Å²) in [6.45, 7) is 6.63. The molecule has 0 fully saturated rings. The minimum absolute atomic E-state index is 0.353. The summed E-state index contributed by atoms with van der Waals surface area (Å²) in [7, 11) is 0. The molecule has 0 aliphatic rings. The van der Waals surface area contributed by atoms with Crippen molar-refractivity contribution in [3.63, 3.8) is 0 Å². The monoisotopic (exact) mass is 201 g/mol. The van der Waals surface area contributed by atoms with E-state index in [1.54, 1.807) is 11.3 Å². The SMILES string of the molecule is C=CC(C)NCc1cc(Cl)cs1. The smallest absolute Gasteiger partial charge is 0.0516 e. The quantitative estimate of drug-likeness (QED) is 0.739. The van der Waals surface area contributed by atoms with Crippen molar-refractivity contribution in [2.24, 2.45) is 0 Å². The zero-order valence-electron chi connectivity index (χ0n) is 7.01. The lowest BCUT2D eigenvalue weighted by molar-refractivity contribution is 0.640. The molecule has 1 rings (SSSR count). The first-order valence-corrected chi connectivity index (χ1v) is 5.07. The summed E-state index contributed by atoms with van der Waals surface area (Å²) in [5.41, 5.74) is 0. The predicted molar refractivity (Wildman–Crippen MR) is 55.8 cm³/mol. The molecule has 1 atom stereocenters. The molecule has 12 heavy (non-hydrogen) atoms. The molecule has 1 heterocycles. The van der Waals surface area contributed by atoms with Gasteiger partial charge in [-0.15, -0.1) is 17.9 Å². The van der Waals surface area contributed by atoms with Crippen LogP contribution in [0.25, 0.3) is 0 Å². The van der Waals surface area contributed by atoms with Gasteiger partial charge >= 0.3 is 0 Å². The number of nitrogens with one attached hydrogen (secondary N) is 1. The third-order valence-electron chi connectivity index (χ3n) is 1.57. The first kappa shape index (κ1) is 9.78. The molecule has 0 amide bonds. The molecule has 0 radical (unpaired) electrons. The van der Waals surface area contributed by atoms with Crippen LogP contribution in [0.15, 0.2) is 24.1 Å². The summed E-state index contributed by atoms with van der Waals surface area (Å²) < 4.78 is 0. The largest absolute Gasteiger partial charge is 0.306 e. The normalized spacial score (nSPS) is 12.8. The van der Waals surface area contributed by atoms with Crippen LogP contribution < -0.4 is 5.32 Å². The average Bonchev–Trinajstić information content (AvgIpc) is 2.47. The van der Waals surface area contributed by atoms with Gasteiger partial charge in [-0.1, -0.05) is 17.7 Å². The highest BCUT2D eigenvalue weighted by Gasteiger charge is 1.98. The van der Waals surface area contributed by atoms with Gasteiger partial charge in [0.05, 0.1) is 5.02 Å². The predicted octanol–water partition coefficient (Wildman–Crippen LogP) is 3.07. The fraction of sp³-hybridized carbons (Fsp3) is 0.333. The van der Waals surface area contributed by atoms with Gasteiger partial charge in [-0.25, -0.2) is 0 Å². The van der Waals surface area contributed by atoms with Crippen LogP contribution in [-0.4, -0.2) is 6.04 Å². The topological polar surface area (TPSA) is 12.0 Å². The van der Waals surface area contributed by atoms with E-state index in [4.69, 9.17) is 11.6 Å². The van der Waals surface area contributed by atoms with Gasteiger partial charge in [0, 0.05) is 22.8 Å². The first-order chi connectivity index (χ1) is 5.72.